The van der Waals surface area contributed by atoms with Gasteiger partial charge in [-0.2, -0.15) is 0 Å². The lowest BCUT2D eigenvalue weighted by Gasteiger charge is -2.17. The fourth-order valence-electron chi connectivity index (χ4n) is 1.71. The lowest BCUT2D eigenvalue weighted by atomic mass is 10.1. The van der Waals surface area contributed by atoms with Gasteiger partial charge in [-0.3, -0.25) is 4.79 Å². The van der Waals surface area contributed by atoms with E-state index >= 15 is 0 Å². The number of hydrogen-bond acceptors (Lipinski definition) is 2. The molecule has 0 aliphatic carbocycles. The van der Waals surface area contributed by atoms with Crippen molar-refractivity contribution in [2.75, 3.05) is 7.05 Å². The number of nitrogens with zero attached hydrogens (tertiary/aromatic N) is 2. The Labute approximate surface area is 104 Å². The van der Waals surface area contributed by atoms with Crippen molar-refractivity contribution in [1.82, 2.24) is 14.9 Å². The molecule has 2 aromatic rings. The first-order valence-corrected chi connectivity index (χ1v) is 5.58. The van der Waals surface area contributed by atoms with E-state index in [1.165, 1.54) is 17.0 Å². The minimum atomic E-state index is -0.407. The molecule has 1 aromatic carbocycles. The van der Waals surface area contributed by atoms with Crippen LogP contribution >= 0.6 is 0 Å². The Morgan fingerprint density at radius 3 is 2.94 bits per heavy atom. The average molecular weight is 247 g/mol. The number of halogens is 1. The number of carbonyl (C=O) groups excluding carboxylic acids is 1. The number of aryl methyl sites for hydroxylation is 1. The third-order valence-corrected chi connectivity index (χ3v) is 2.72. The zero-order valence-electron chi connectivity index (χ0n) is 10.3. The SMILES string of the molecule is Cc1ccc(F)cc1C(=O)N(C)Cc1ncc[nH]1. The van der Waals surface area contributed by atoms with E-state index in [0.717, 1.165) is 5.56 Å². The Bertz CT molecular complexity index is 551. The Morgan fingerprint density at radius 1 is 1.50 bits per heavy atom. The van der Waals surface area contributed by atoms with E-state index in [4.69, 9.17) is 0 Å². The van der Waals surface area contributed by atoms with Crippen LogP contribution in [0.4, 0.5) is 4.39 Å². The molecule has 0 bridgehead atoms. The standard InChI is InChI=1S/C13H14FN3O/c1-9-3-4-10(14)7-11(9)13(18)17(2)8-12-15-5-6-16-12/h3-7H,8H2,1-2H3,(H,15,16). The summed E-state index contributed by atoms with van der Waals surface area (Å²) < 4.78 is 13.2. The topological polar surface area (TPSA) is 49.0 Å². The molecule has 1 aromatic heterocycles. The number of aromatic nitrogens is 2. The second-order valence-corrected chi connectivity index (χ2v) is 4.16. The lowest BCUT2D eigenvalue weighted by molar-refractivity contribution is 0.0780. The maximum atomic E-state index is 13.2. The lowest BCUT2D eigenvalue weighted by Crippen LogP contribution is -2.27. The Kier molecular flexibility index (Phi) is 3.41. The van der Waals surface area contributed by atoms with Gasteiger partial charge in [-0.05, 0) is 24.6 Å². The number of aromatic amines is 1. The summed E-state index contributed by atoms with van der Waals surface area (Å²) >= 11 is 0. The highest BCUT2D eigenvalue weighted by atomic mass is 19.1. The Balaban J connectivity index is 2.17. The normalized spacial score (nSPS) is 10.4. The third kappa shape index (κ3) is 2.56. The van der Waals surface area contributed by atoms with Crippen molar-refractivity contribution in [3.05, 3.63) is 53.4 Å². The summed E-state index contributed by atoms with van der Waals surface area (Å²) in [6.07, 6.45) is 3.32. The molecule has 1 N–H and O–H groups in total. The zero-order valence-corrected chi connectivity index (χ0v) is 10.3. The van der Waals surface area contributed by atoms with Crippen LogP contribution in [0.5, 0.6) is 0 Å². The highest BCUT2D eigenvalue weighted by Gasteiger charge is 2.15. The molecule has 94 valence electrons. The molecule has 0 spiro atoms. The van der Waals surface area contributed by atoms with Crippen LogP contribution in [0, 0.1) is 12.7 Å². The summed E-state index contributed by atoms with van der Waals surface area (Å²) in [4.78, 5) is 20.6. The van der Waals surface area contributed by atoms with Gasteiger partial charge in [-0.25, -0.2) is 9.37 Å². The Hall–Kier alpha value is -2.17. The molecule has 0 aliphatic heterocycles. The minimum absolute atomic E-state index is 0.219. The van der Waals surface area contributed by atoms with Crippen molar-refractivity contribution in [2.45, 2.75) is 13.5 Å². The number of benzene rings is 1. The van der Waals surface area contributed by atoms with E-state index in [1.54, 1.807) is 32.4 Å². The van der Waals surface area contributed by atoms with Crippen LogP contribution < -0.4 is 0 Å². The maximum absolute atomic E-state index is 13.2. The van der Waals surface area contributed by atoms with Gasteiger partial charge in [0.05, 0.1) is 6.54 Å². The van der Waals surface area contributed by atoms with Crippen LogP contribution in [-0.2, 0) is 6.54 Å². The molecule has 0 aliphatic rings. The fourth-order valence-corrected chi connectivity index (χ4v) is 1.71. The van der Waals surface area contributed by atoms with Crippen LogP contribution in [0.3, 0.4) is 0 Å². The number of amides is 1. The van der Waals surface area contributed by atoms with E-state index in [9.17, 15) is 9.18 Å². The highest BCUT2D eigenvalue weighted by molar-refractivity contribution is 5.95. The molecule has 4 nitrogen and oxygen atoms in total. The van der Waals surface area contributed by atoms with Gasteiger partial charge in [-0.15, -0.1) is 0 Å². The molecule has 1 heterocycles. The summed E-state index contributed by atoms with van der Waals surface area (Å²) in [5.74, 6) is 0.0682. The summed E-state index contributed by atoms with van der Waals surface area (Å²) in [5.41, 5.74) is 1.14. The van der Waals surface area contributed by atoms with Crippen LogP contribution in [0.25, 0.3) is 0 Å². The molecule has 0 radical (unpaired) electrons. The molecule has 18 heavy (non-hydrogen) atoms. The first-order valence-electron chi connectivity index (χ1n) is 5.58. The number of carbonyl (C=O) groups is 1. The molecule has 0 unspecified atom stereocenters. The molecule has 2 rings (SSSR count). The number of imidazole rings is 1. The minimum Gasteiger partial charge on any atom is -0.347 e. The molecular formula is C13H14FN3O. The number of nitrogens with one attached hydrogen (secondary N) is 1. The van der Waals surface area contributed by atoms with Crippen molar-refractivity contribution in [3.8, 4) is 0 Å². The number of rotatable bonds is 3. The van der Waals surface area contributed by atoms with Crippen LogP contribution in [0.15, 0.2) is 30.6 Å². The van der Waals surface area contributed by atoms with E-state index in [0.29, 0.717) is 17.9 Å². The fraction of sp³-hybridized carbons (Fsp3) is 0.231. The molecule has 5 heteroatoms. The molecule has 0 fully saturated rings. The van der Waals surface area contributed by atoms with Crippen molar-refractivity contribution >= 4 is 5.91 Å². The van der Waals surface area contributed by atoms with Crippen LogP contribution in [-0.4, -0.2) is 27.8 Å². The van der Waals surface area contributed by atoms with E-state index in [-0.39, 0.29) is 5.91 Å². The first-order chi connectivity index (χ1) is 8.58. The summed E-state index contributed by atoms with van der Waals surface area (Å²) in [5, 5.41) is 0. The summed E-state index contributed by atoms with van der Waals surface area (Å²) in [6, 6.07) is 4.21. The van der Waals surface area contributed by atoms with Gasteiger partial charge in [0, 0.05) is 25.0 Å². The highest BCUT2D eigenvalue weighted by Crippen LogP contribution is 2.13. The van der Waals surface area contributed by atoms with Gasteiger partial charge < -0.3 is 9.88 Å². The van der Waals surface area contributed by atoms with Gasteiger partial charge in [-0.1, -0.05) is 6.07 Å². The van der Waals surface area contributed by atoms with Gasteiger partial charge in [0.15, 0.2) is 0 Å². The van der Waals surface area contributed by atoms with Crippen molar-refractivity contribution < 1.29 is 9.18 Å². The quantitative estimate of drug-likeness (QED) is 0.903. The average Bonchev–Trinajstić information content (AvgIpc) is 2.84. The molecule has 1 amide bonds. The molecule has 0 atom stereocenters. The van der Waals surface area contributed by atoms with Gasteiger partial charge in [0.25, 0.3) is 5.91 Å². The molecule has 0 saturated carbocycles. The molecule has 0 saturated heterocycles. The van der Waals surface area contributed by atoms with E-state index in [1.807, 2.05) is 0 Å². The van der Waals surface area contributed by atoms with Crippen molar-refractivity contribution in [2.24, 2.45) is 0 Å². The summed E-state index contributed by atoms with van der Waals surface area (Å²) in [7, 11) is 1.66. The van der Waals surface area contributed by atoms with E-state index < -0.39 is 5.82 Å². The van der Waals surface area contributed by atoms with Crippen molar-refractivity contribution in [1.29, 1.82) is 0 Å². The van der Waals surface area contributed by atoms with Gasteiger partial charge >= 0.3 is 0 Å². The van der Waals surface area contributed by atoms with E-state index in [2.05, 4.69) is 9.97 Å². The van der Waals surface area contributed by atoms with Gasteiger partial charge in [0.2, 0.25) is 0 Å². The number of H-pyrrole nitrogens is 1. The van der Waals surface area contributed by atoms with Crippen molar-refractivity contribution in [3.63, 3.8) is 0 Å². The first kappa shape index (κ1) is 12.3. The second-order valence-electron chi connectivity index (χ2n) is 4.16. The number of hydrogen-bond donors (Lipinski definition) is 1. The smallest absolute Gasteiger partial charge is 0.254 e. The predicted molar refractivity (Wildman–Crippen MR) is 65.5 cm³/mol. The van der Waals surface area contributed by atoms with Crippen LogP contribution in [0.2, 0.25) is 0 Å². The second kappa shape index (κ2) is 5.00. The van der Waals surface area contributed by atoms with Crippen LogP contribution in [0.1, 0.15) is 21.7 Å². The zero-order chi connectivity index (χ0) is 13.1. The van der Waals surface area contributed by atoms with Gasteiger partial charge in [0.1, 0.15) is 11.6 Å². The predicted octanol–water partition coefficient (Wildman–Crippen LogP) is 2.13. The largest absolute Gasteiger partial charge is 0.347 e. The summed E-state index contributed by atoms with van der Waals surface area (Å²) in [6.45, 7) is 2.15. The maximum Gasteiger partial charge on any atom is 0.254 e. The monoisotopic (exact) mass is 247 g/mol. The third-order valence-electron chi connectivity index (χ3n) is 2.72. The Morgan fingerprint density at radius 2 is 2.28 bits per heavy atom. The molecular weight excluding hydrogens is 233 g/mol.